The maximum Gasteiger partial charge on any atom is 0.266 e. The van der Waals surface area contributed by atoms with Crippen LogP contribution in [0.3, 0.4) is 0 Å². The summed E-state index contributed by atoms with van der Waals surface area (Å²) in [7, 11) is 0. The molecule has 0 aliphatic carbocycles. The van der Waals surface area contributed by atoms with Crippen molar-refractivity contribution in [2.45, 2.75) is 13.3 Å². The van der Waals surface area contributed by atoms with Gasteiger partial charge in [0.25, 0.3) is 5.91 Å². The molecule has 1 amide bonds. The van der Waals surface area contributed by atoms with Gasteiger partial charge in [-0.25, -0.2) is 0 Å². The Labute approximate surface area is 122 Å². The molecule has 0 bridgehead atoms. The number of carbonyl (C=O) groups is 1. The van der Waals surface area contributed by atoms with Crippen LogP contribution in [0, 0.1) is 12.8 Å². The third kappa shape index (κ3) is 2.17. The zero-order chi connectivity index (χ0) is 14.3. The van der Waals surface area contributed by atoms with Gasteiger partial charge in [0.15, 0.2) is 0 Å². The van der Waals surface area contributed by atoms with Gasteiger partial charge in [0.2, 0.25) is 0 Å². The van der Waals surface area contributed by atoms with E-state index in [1.807, 2.05) is 30.0 Å². The summed E-state index contributed by atoms with van der Waals surface area (Å²) in [6.45, 7) is 4.21. The normalized spacial score (nSPS) is 18.9. The Bertz CT molecular complexity index is 664. The van der Waals surface area contributed by atoms with E-state index in [1.165, 1.54) is 11.3 Å². The largest absolute Gasteiger partial charge is 0.397 e. The van der Waals surface area contributed by atoms with Gasteiger partial charge in [-0.05, 0) is 37.9 Å². The first-order chi connectivity index (χ1) is 9.60. The average Bonchev–Trinajstić information content (AvgIpc) is 3.04. The highest BCUT2D eigenvalue weighted by Crippen LogP contribution is 2.35. The summed E-state index contributed by atoms with van der Waals surface area (Å²) in [5.74, 6) is 0.481. The molecular formula is C15H19N3OS. The number of likely N-dealkylation sites (tertiary alicyclic amines) is 1. The van der Waals surface area contributed by atoms with Crippen molar-refractivity contribution in [1.29, 1.82) is 0 Å². The zero-order valence-corrected chi connectivity index (χ0v) is 12.4. The van der Waals surface area contributed by atoms with Gasteiger partial charge in [0, 0.05) is 23.2 Å². The Balaban J connectivity index is 1.94. The van der Waals surface area contributed by atoms with Gasteiger partial charge in [0.05, 0.1) is 5.69 Å². The minimum absolute atomic E-state index is 0.0531. The maximum absolute atomic E-state index is 12.6. The zero-order valence-electron chi connectivity index (χ0n) is 11.6. The van der Waals surface area contributed by atoms with Gasteiger partial charge >= 0.3 is 0 Å². The van der Waals surface area contributed by atoms with Crippen molar-refractivity contribution in [3.63, 3.8) is 0 Å². The lowest BCUT2D eigenvalue weighted by molar-refractivity contribution is 0.0793. The van der Waals surface area contributed by atoms with Gasteiger partial charge < -0.3 is 16.4 Å². The van der Waals surface area contributed by atoms with Crippen molar-refractivity contribution in [3.05, 3.63) is 28.6 Å². The molecule has 1 aliphatic heterocycles. The molecule has 20 heavy (non-hydrogen) atoms. The number of nitrogen functional groups attached to an aromatic ring is 1. The number of aryl methyl sites for hydroxylation is 1. The number of nitrogens with zero attached hydrogens (tertiary/aromatic N) is 1. The number of rotatable bonds is 2. The molecule has 1 unspecified atom stereocenters. The Morgan fingerprint density at radius 1 is 1.50 bits per heavy atom. The molecule has 0 saturated carbocycles. The Kier molecular flexibility index (Phi) is 3.40. The molecule has 2 aromatic rings. The van der Waals surface area contributed by atoms with E-state index in [0.717, 1.165) is 35.2 Å². The molecule has 1 saturated heterocycles. The minimum Gasteiger partial charge on any atom is -0.397 e. The summed E-state index contributed by atoms with van der Waals surface area (Å²) in [5, 5.41) is 0.993. The van der Waals surface area contributed by atoms with Crippen molar-refractivity contribution in [2.24, 2.45) is 11.7 Å². The van der Waals surface area contributed by atoms with Crippen LogP contribution in [0.1, 0.15) is 21.7 Å². The Hall–Kier alpha value is -1.59. The standard InChI is InChI=1S/C15H19N3OS/c1-9-2-3-12-11(6-9)13(17)14(20-12)15(19)18-5-4-10(7-16)8-18/h2-3,6,10H,4-5,7-8,16-17H2,1H3. The maximum atomic E-state index is 12.6. The molecule has 106 valence electrons. The number of hydrogen-bond acceptors (Lipinski definition) is 4. The van der Waals surface area contributed by atoms with Gasteiger partial charge in [-0.2, -0.15) is 0 Å². The third-order valence-corrected chi connectivity index (χ3v) is 5.16. The Morgan fingerprint density at radius 3 is 3.00 bits per heavy atom. The van der Waals surface area contributed by atoms with E-state index in [-0.39, 0.29) is 5.91 Å². The lowest BCUT2D eigenvalue weighted by Gasteiger charge is -2.15. The summed E-state index contributed by atoms with van der Waals surface area (Å²) in [6, 6.07) is 6.13. The summed E-state index contributed by atoms with van der Waals surface area (Å²) in [4.78, 5) is 15.1. The molecule has 4 nitrogen and oxygen atoms in total. The quantitative estimate of drug-likeness (QED) is 0.890. The van der Waals surface area contributed by atoms with E-state index in [2.05, 4.69) is 0 Å². The topological polar surface area (TPSA) is 72.3 Å². The van der Waals surface area contributed by atoms with Crippen LogP contribution < -0.4 is 11.5 Å². The summed E-state index contributed by atoms with van der Waals surface area (Å²) in [5.41, 5.74) is 13.6. The number of thiophene rings is 1. The monoisotopic (exact) mass is 289 g/mol. The van der Waals surface area contributed by atoms with Crippen molar-refractivity contribution in [1.82, 2.24) is 4.90 Å². The minimum atomic E-state index is 0.0531. The SMILES string of the molecule is Cc1ccc2sc(C(=O)N3CCC(CN)C3)c(N)c2c1. The number of carbonyl (C=O) groups excluding carboxylic acids is 1. The fourth-order valence-corrected chi connectivity index (χ4v) is 3.81. The van der Waals surface area contributed by atoms with Crippen LogP contribution in [-0.2, 0) is 0 Å². The van der Waals surface area contributed by atoms with Gasteiger partial charge in [-0.3, -0.25) is 4.79 Å². The number of hydrogen-bond donors (Lipinski definition) is 2. The van der Waals surface area contributed by atoms with Gasteiger partial charge in [-0.15, -0.1) is 11.3 Å². The molecule has 1 atom stereocenters. The summed E-state index contributed by atoms with van der Waals surface area (Å²) in [6.07, 6.45) is 0.992. The van der Waals surface area contributed by atoms with E-state index in [9.17, 15) is 4.79 Å². The van der Waals surface area contributed by atoms with E-state index >= 15 is 0 Å². The van der Waals surface area contributed by atoms with Crippen molar-refractivity contribution >= 4 is 33.0 Å². The van der Waals surface area contributed by atoms with E-state index < -0.39 is 0 Å². The predicted molar refractivity (Wildman–Crippen MR) is 84.0 cm³/mol. The van der Waals surface area contributed by atoms with Crippen LogP contribution >= 0.6 is 11.3 Å². The van der Waals surface area contributed by atoms with Crippen LogP contribution in [-0.4, -0.2) is 30.4 Å². The van der Waals surface area contributed by atoms with Crippen LogP contribution in [0.5, 0.6) is 0 Å². The van der Waals surface area contributed by atoms with Gasteiger partial charge in [0.1, 0.15) is 4.88 Å². The first kappa shape index (κ1) is 13.4. The molecule has 2 heterocycles. The smallest absolute Gasteiger partial charge is 0.266 e. The molecule has 1 aromatic heterocycles. The molecule has 3 rings (SSSR count). The van der Waals surface area contributed by atoms with E-state index in [1.54, 1.807) is 0 Å². The highest BCUT2D eigenvalue weighted by Gasteiger charge is 2.28. The number of benzene rings is 1. The molecule has 1 aliphatic rings. The second-order valence-corrected chi connectivity index (χ2v) is 6.54. The first-order valence-corrected chi connectivity index (χ1v) is 7.69. The molecule has 0 radical (unpaired) electrons. The van der Waals surface area contributed by atoms with Crippen LogP contribution in [0.2, 0.25) is 0 Å². The van der Waals surface area contributed by atoms with Crippen LogP contribution in [0.15, 0.2) is 18.2 Å². The summed E-state index contributed by atoms with van der Waals surface area (Å²) < 4.78 is 1.08. The molecule has 1 aromatic carbocycles. The van der Waals surface area contributed by atoms with Gasteiger partial charge in [-0.1, -0.05) is 11.6 Å². The average molecular weight is 289 g/mol. The number of fused-ring (bicyclic) bond motifs is 1. The van der Waals surface area contributed by atoms with E-state index in [4.69, 9.17) is 11.5 Å². The van der Waals surface area contributed by atoms with Crippen molar-refractivity contribution in [2.75, 3.05) is 25.4 Å². The van der Waals surface area contributed by atoms with Crippen molar-refractivity contribution < 1.29 is 4.79 Å². The van der Waals surface area contributed by atoms with Crippen molar-refractivity contribution in [3.8, 4) is 0 Å². The molecule has 0 spiro atoms. The summed E-state index contributed by atoms with van der Waals surface area (Å²) >= 11 is 1.49. The predicted octanol–water partition coefficient (Wildman–Crippen LogP) is 2.21. The lowest BCUT2D eigenvalue weighted by atomic mass is 10.1. The second kappa shape index (κ2) is 5.07. The highest BCUT2D eigenvalue weighted by atomic mass is 32.1. The van der Waals surface area contributed by atoms with Crippen LogP contribution in [0.25, 0.3) is 10.1 Å². The highest BCUT2D eigenvalue weighted by molar-refractivity contribution is 7.21. The molecule has 1 fully saturated rings. The number of amides is 1. The first-order valence-electron chi connectivity index (χ1n) is 6.88. The number of anilines is 1. The third-order valence-electron chi connectivity index (χ3n) is 3.98. The fraction of sp³-hybridized carbons (Fsp3) is 0.400. The van der Waals surface area contributed by atoms with Crippen LogP contribution in [0.4, 0.5) is 5.69 Å². The lowest BCUT2D eigenvalue weighted by Crippen LogP contribution is -2.29. The van der Waals surface area contributed by atoms with E-state index in [0.29, 0.717) is 23.0 Å². The Morgan fingerprint density at radius 2 is 2.30 bits per heavy atom. The second-order valence-electron chi connectivity index (χ2n) is 5.49. The fourth-order valence-electron chi connectivity index (χ4n) is 2.74. The molecule has 5 heteroatoms. The molecule has 4 N–H and O–H groups in total. The molecular weight excluding hydrogens is 270 g/mol. The number of nitrogens with two attached hydrogens (primary N) is 2.